The maximum atomic E-state index is 15.0. The normalized spacial score (nSPS) is 16.8. The van der Waals surface area contributed by atoms with E-state index in [-0.39, 0.29) is 28.9 Å². The fourth-order valence-corrected chi connectivity index (χ4v) is 6.40. The second-order valence-corrected chi connectivity index (χ2v) is 12.8. The van der Waals surface area contributed by atoms with Crippen LogP contribution in [-0.2, 0) is 17.3 Å². The molecule has 11 heteroatoms. The van der Waals surface area contributed by atoms with Crippen molar-refractivity contribution < 1.29 is 49.0 Å². The lowest BCUT2D eigenvalue weighted by Crippen LogP contribution is -2.35. The van der Waals surface area contributed by atoms with Gasteiger partial charge in [0.15, 0.2) is 17.5 Å². The lowest BCUT2D eigenvalue weighted by Gasteiger charge is -2.33. The number of hydrogen-bond donors (Lipinski definition) is 0. The minimum absolute atomic E-state index is 0.105. The lowest BCUT2D eigenvalue weighted by molar-refractivity contribution is -0.276. The van der Waals surface area contributed by atoms with Crippen LogP contribution in [0.3, 0.4) is 0 Å². The van der Waals surface area contributed by atoms with Gasteiger partial charge in [0, 0.05) is 5.56 Å². The van der Waals surface area contributed by atoms with E-state index in [4.69, 9.17) is 9.47 Å². The first-order chi connectivity index (χ1) is 23.8. The van der Waals surface area contributed by atoms with Gasteiger partial charge < -0.3 is 9.47 Å². The van der Waals surface area contributed by atoms with E-state index in [2.05, 4.69) is 6.92 Å². The molecule has 0 unspecified atom stereocenters. The average molecular weight is 709 g/mol. The standard InChI is InChI=1S/C39H37F9O2/c1-2-3-4-5-24-6-12-29(13-7-24)38(45,46)49-19-18-25-8-17-32(34(41)20-25)39(47,48)50-30-14-9-26(10-15-30)27-11-16-31(33(40)21-27)28-22-35(42)37(44)36(43)23-28/h8-11,14-17,20-24,29H,2-7,12-13,18-19H2,1H3. The zero-order chi connectivity index (χ0) is 36.1. The van der Waals surface area contributed by atoms with Crippen molar-refractivity contribution in [1.29, 1.82) is 0 Å². The monoisotopic (exact) mass is 708 g/mol. The molecule has 1 saturated carbocycles. The van der Waals surface area contributed by atoms with Crippen molar-refractivity contribution in [2.75, 3.05) is 6.61 Å². The van der Waals surface area contributed by atoms with E-state index in [1.165, 1.54) is 42.5 Å². The molecule has 0 aliphatic heterocycles. The van der Waals surface area contributed by atoms with Gasteiger partial charge in [0.1, 0.15) is 17.4 Å². The Balaban J connectivity index is 1.15. The van der Waals surface area contributed by atoms with Gasteiger partial charge in [-0.15, -0.1) is 0 Å². The molecule has 0 radical (unpaired) electrons. The Hall–Kier alpha value is -3.99. The molecule has 0 bridgehead atoms. The maximum absolute atomic E-state index is 15.0. The molecule has 0 heterocycles. The van der Waals surface area contributed by atoms with Crippen LogP contribution in [0, 0.1) is 40.9 Å². The summed E-state index contributed by atoms with van der Waals surface area (Å²) in [7, 11) is 0. The average Bonchev–Trinajstić information content (AvgIpc) is 3.07. The predicted molar refractivity (Wildman–Crippen MR) is 172 cm³/mol. The third kappa shape index (κ3) is 9.02. The zero-order valence-corrected chi connectivity index (χ0v) is 27.4. The molecule has 50 heavy (non-hydrogen) atoms. The zero-order valence-electron chi connectivity index (χ0n) is 27.4. The van der Waals surface area contributed by atoms with Crippen molar-refractivity contribution in [2.24, 2.45) is 11.8 Å². The number of alkyl halides is 4. The quantitative estimate of drug-likeness (QED) is 0.0738. The second kappa shape index (κ2) is 15.9. The molecule has 0 amide bonds. The van der Waals surface area contributed by atoms with Gasteiger partial charge in [-0.3, -0.25) is 0 Å². The Morgan fingerprint density at radius 1 is 0.660 bits per heavy atom. The summed E-state index contributed by atoms with van der Waals surface area (Å²) in [5.74, 6) is -7.53. The highest BCUT2D eigenvalue weighted by Crippen LogP contribution is 2.41. The van der Waals surface area contributed by atoms with Gasteiger partial charge in [-0.1, -0.05) is 62.9 Å². The van der Waals surface area contributed by atoms with Crippen LogP contribution in [0.1, 0.15) is 69.4 Å². The van der Waals surface area contributed by atoms with E-state index in [0.717, 1.165) is 56.7 Å². The molecule has 5 rings (SSSR count). The van der Waals surface area contributed by atoms with E-state index in [0.29, 0.717) is 42.0 Å². The molecule has 0 aromatic heterocycles. The highest BCUT2D eigenvalue weighted by Gasteiger charge is 2.42. The topological polar surface area (TPSA) is 18.5 Å². The Kier molecular flexibility index (Phi) is 11.9. The van der Waals surface area contributed by atoms with Crippen LogP contribution >= 0.6 is 0 Å². The molecule has 1 fully saturated rings. The van der Waals surface area contributed by atoms with E-state index in [9.17, 15) is 30.7 Å². The summed E-state index contributed by atoms with van der Waals surface area (Å²) in [6, 6.07) is 13.0. The summed E-state index contributed by atoms with van der Waals surface area (Å²) in [4.78, 5) is 0. The van der Waals surface area contributed by atoms with Crippen molar-refractivity contribution >= 4 is 0 Å². The number of unbranched alkanes of at least 4 members (excludes halogenated alkanes) is 2. The minimum atomic E-state index is -4.10. The van der Waals surface area contributed by atoms with Crippen LogP contribution in [-0.4, -0.2) is 12.7 Å². The smallest absolute Gasteiger partial charge is 0.429 e. The second-order valence-electron chi connectivity index (χ2n) is 12.8. The van der Waals surface area contributed by atoms with Gasteiger partial charge in [0.2, 0.25) is 0 Å². The van der Waals surface area contributed by atoms with E-state index < -0.39 is 59.4 Å². The molecule has 2 nitrogen and oxygen atoms in total. The molecule has 4 aromatic rings. The van der Waals surface area contributed by atoms with Crippen LogP contribution in [0.5, 0.6) is 5.75 Å². The summed E-state index contributed by atoms with van der Waals surface area (Å²) in [6.45, 7) is 1.72. The molecule has 0 atom stereocenters. The summed E-state index contributed by atoms with van der Waals surface area (Å²) in [5, 5.41) is 0. The van der Waals surface area contributed by atoms with Gasteiger partial charge >= 0.3 is 12.2 Å². The number of ether oxygens (including phenoxy) is 2. The Morgan fingerprint density at radius 2 is 1.30 bits per heavy atom. The molecule has 0 spiro atoms. The van der Waals surface area contributed by atoms with Crippen LogP contribution in [0.25, 0.3) is 22.3 Å². The molecule has 1 aliphatic carbocycles. The Labute approximate surface area is 285 Å². The first kappa shape index (κ1) is 37.3. The van der Waals surface area contributed by atoms with Crippen LogP contribution in [0.4, 0.5) is 39.5 Å². The van der Waals surface area contributed by atoms with Crippen LogP contribution < -0.4 is 4.74 Å². The summed E-state index contributed by atoms with van der Waals surface area (Å²) in [6.07, 6.45) is -0.879. The van der Waals surface area contributed by atoms with Gasteiger partial charge in [0.05, 0.1) is 18.1 Å². The van der Waals surface area contributed by atoms with Crippen molar-refractivity contribution in [3.8, 4) is 28.0 Å². The molecule has 0 N–H and O–H groups in total. The molecule has 268 valence electrons. The predicted octanol–water partition coefficient (Wildman–Crippen LogP) is 12.4. The first-order valence-electron chi connectivity index (χ1n) is 16.7. The van der Waals surface area contributed by atoms with Crippen molar-refractivity contribution in [2.45, 2.75) is 76.9 Å². The van der Waals surface area contributed by atoms with Crippen LogP contribution in [0.2, 0.25) is 0 Å². The SMILES string of the molecule is CCCCCC1CCC(C(F)(F)OCCc2ccc(C(F)(F)Oc3ccc(-c4ccc(-c5cc(F)c(F)c(F)c5)c(F)c4)cc3)c(F)c2)CC1. The fraction of sp³-hybridized carbons (Fsp3) is 0.385. The van der Waals surface area contributed by atoms with Crippen LogP contribution in [0.15, 0.2) is 72.8 Å². The largest absolute Gasteiger partial charge is 0.429 e. The number of hydrogen-bond acceptors (Lipinski definition) is 2. The van der Waals surface area contributed by atoms with Crippen molar-refractivity contribution in [1.82, 2.24) is 0 Å². The highest BCUT2D eigenvalue weighted by atomic mass is 19.3. The van der Waals surface area contributed by atoms with Crippen molar-refractivity contribution in [3.05, 3.63) is 113 Å². The fourth-order valence-electron chi connectivity index (χ4n) is 6.40. The maximum Gasteiger partial charge on any atom is 0.429 e. The van der Waals surface area contributed by atoms with Gasteiger partial charge in [-0.05, 0) is 103 Å². The van der Waals surface area contributed by atoms with E-state index in [1.807, 2.05) is 0 Å². The number of halogens is 9. The summed E-state index contributed by atoms with van der Waals surface area (Å²) in [5.41, 5.74) is -0.585. The van der Waals surface area contributed by atoms with Gasteiger partial charge in [0.25, 0.3) is 0 Å². The first-order valence-corrected chi connectivity index (χ1v) is 16.7. The molecule has 1 aliphatic rings. The number of benzene rings is 4. The number of rotatable bonds is 14. The summed E-state index contributed by atoms with van der Waals surface area (Å²) >= 11 is 0. The third-order valence-corrected chi connectivity index (χ3v) is 9.27. The van der Waals surface area contributed by atoms with Gasteiger partial charge in [-0.2, -0.15) is 17.6 Å². The third-order valence-electron chi connectivity index (χ3n) is 9.27. The summed E-state index contributed by atoms with van der Waals surface area (Å²) < 4.78 is 139. The highest BCUT2D eigenvalue weighted by molar-refractivity contribution is 5.71. The molecular formula is C39H37F9O2. The molecular weight excluding hydrogens is 671 g/mol. The minimum Gasteiger partial charge on any atom is -0.429 e. The Morgan fingerprint density at radius 3 is 1.92 bits per heavy atom. The van der Waals surface area contributed by atoms with E-state index >= 15 is 8.78 Å². The molecule has 0 saturated heterocycles. The Bertz CT molecular complexity index is 1730. The molecule has 4 aromatic carbocycles. The van der Waals surface area contributed by atoms with Gasteiger partial charge in [-0.25, -0.2) is 22.0 Å². The van der Waals surface area contributed by atoms with Crippen molar-refractivity contribution in [3.63, 3.8) is 0 Å². The van der Waals surface area contributed by atoms with E-state index in [1.54, 1.807) is 0 Å². The lowest BCUT2D eigenvalue weighted by atomic mass is 9.79.